The summed E-state index contributed by atoms with van der Waals surface area (Å²) < 4.78 is 55.9. The van der Waals surface area contributed by atoms with Crippen LogP contribution in [0.25, 0.3) is 17.1 Å². The average Bonchev–Trinajstić information content (AvgIpc) is 3.02. The first kappa shape index (κ1) is 14.2. The van der Waals surface area contributed by atoms with Crippen LogP contribution in [-0.2, 0) is 0 Å². The van der Waals surface area contributed by atoms with Crippen molar-refractivity contribution in [3.05, 3.63) is 65.5 Å². The number of pyridine rings is 1. The summed E-state index contributed by atoms with van der Waals surface area (Å²) in [6.07, 6.45) is 2.74. The van der Waals surface area contributed by atoms with Gasteiger partial charge in [-0.25, -0.2) is 22.2 Å². The van der Waals surface area contributed by atoms with Crippen molar-refractivity contribution in [3.63, 3.8) is 0 Å². The van der Waals surface area contributed by atoms with Gasteiger partial charge in [0.05, 0.1) is 5.69 Å². The average molecular weight is 307 g/mol. The van der Waals surface area contributed by atoms with Crippen LogP contribution in [0.2, 0.25) is 0 Å². The molecule has 0 aliphatic carbocycles. The molecule has 0 aliphatic heterocycles. The summed E-state index contributed by atoms with van der Waals surface area (Å²) in [5.74, 6) is -5.87. The molecule has 0 unspecified atom stereocenters. The summed E-state index contributed by atoms with van der Waals surface area (Å²) in [6, 6.07) is 6.50. The Morgan fingerprint density at radius 1 is 0.864 bits per heavy atom. The van der Waals surface area contributed by atoms with E-state index in [9.17, 15) is 17.6 Å². The van der Waals surface area contributed by atoms with E-state index in [1.165, 1.54) is 18.5 Å². The molecule has 0 saturated heterocycles. The number of hydrogen-bond donors (Lipinski definition) is 0. The van der Waals surface area contributed by atoms with Crippen LogP contribution in [0.1, 0.15) is 5.56 Å². The number of hydrogen-bond acceptors (Lipinski definition) is 2. The van der Waals surface area contributed by atoms with Gasteiger partial charge in [-0.2, -0.15) is 5.10 Å². The van der Waals surface area contributed by atoms with Gasteiger partial charge in [-0.1, -0.05) is 6.07 Å². The van der Waals surface area contributed by atoms with Crippen LogP contribution in [0, 0.1) is 30.2 Å². The Kier molecular flexibility index (Phi) is 3.40. The fourth-order valence-electron chi connectivity index (χ4n) is 2.03. The number of halogens is 4. The zero-order valence-corrected chi connectivity index (χ0v) is 11.3. The molecule has 7 heteroatoms. The first-order chi connectivity index (χ1) is 10.5. The second-order valence-electron chi connectivity index (χ2n) is 4.59. The molecule has 0 spiro atoms. The Hall–Kier alpha value is -2.70. The van der Waals surface area contributed by atoms with Gasteiger partial charge in [0.15, 0.2) is 23.3 Å². The van der Waals surface area contributed by atoms with E-state index in [1.807, 2.05) is 0 Å². The second kappa shape index (κ2) is 5.25. The molecule has 0 atom stereocenters. The molecule has 3 rings (SSSR count). The van der Waals surface area contributed by atoms with Gasteiger partial charge in [0.2, 0.25) is 0 Å². The van der Waals surface area contributed by atoms with Crippen LogP contribution in [0.3, 0.4) is 0 Å². The third-order valence-corrected chi connectivity index (χ3v) is 3.21. The van der Waals surface area contributed by atoms with Crippen LogP contribution in [0.4, 0.5) is 17.6 Å². The fraction of sp³-hybridized carbons (Fsp3) is 0.0667. The van der Waals surface area contributed by atoms with E-state index in [2.05, 4.69) is 10.1 Å². The minimum Gasteiger partial charge on any atom is -0.255 e. The third-order valence-electron chi connectivity index (χ3n) is 3.21. The van der Waals surface area contributed by atoms with Crippen LogP contribution in [0.15, 0.2) is 36.7 Å². The zero-order chi connectivity index (χ0) is 15.9. The van der Waals surface area contributed by atoms with E-state index in [4.69, 9.17) is 0 Å². The Morgan fingerprint density at radius 3 is 2.14 bits per heavy atom. The molecule has 0 aliphatic rings. The first-order valence-corrected chi connectivity index (χ1v) is 6.30. The highest BCUT2D eigenvalue weighted by molar-refractivity contribution is 5.53. The highest BCUT2D eigenvalue weighted by Gasteiger charge is 2.25. The van der Waals surface area contributed by atoms with Gasteiger partial charge in [-0.05, 0) is 25.1 Å². The summed E-state index contributed by atoms with van der Waals surface area (Å²) in [5.41, 5.74) is -0.824. The molecule has 112 valence electrons. The van der Waals surface area contributed by atoms with Crippen LogP contribution < -0.4 is 0 Å². The highest BCUT2D eigenvalue weighted by atomic mass is 19.2. The molecular formula is C15H9F4N3. The topological polar surface area (TPSA) is 30.7 Å². The molecule has 0 N–H and O–H groups in total. The maximum atomic E-state index is 13.9. The van der Waals surface area contributed by atoms with E-state index in [0.717, 1.165) is 11.6 Å². The van der Waals surface area contributed by atoms with Crippen molar-refractivity contribution in [1.29, 1.82) is 0 Å². The second-order valence-corrected chi connectivity index (χ2v) is 4.59. The quantitative estimate of drug-likeness (QED) is 0.532. The largest absolute Gasteiger partial charge is 0.255 e. The molecule has 1 aromatic carbocycles. The normalized spacial score (nSPS) is 11.0. The number of benzene rings is 1. The lowest BCUT2D eigenvalue weighted by Gasteiger charge is -2.09. The van der Waals surface area contributed by atoms with Crippen molar-refractivity contribution in [2.75, 3.05) is 0 Å². The van der Waals surface area contributed by atoms with Gasteiger partial charge in [-0.3, -0.25) is 4.98 Å². The zero-order valence-electron chi connectivity index (χ0n) is 11.3. The van der Waals surface area contributed by atoms with Gasteiger partial charge < -0.3 is 0 Å². The van der Waals surface area contributed by atoms with Crippen molar-refractivity contribution < 1.29 is 17.6 Å². The molecule has 22 heavy (non-hydrogen) atoms. The highest BCUT2D eigenvalue weighted by Crippen LogP contribution is 2.27. The van der Waals surface area contributed by atoms with E-state index in [0.29, 0.717) is 11.4 Å². The Labute approximate surface area is 122 Å². The molecule has 3 nitrogen and oxygen atoms in total. The molecular weight excluding hydrogens is 298 g/mol. The smallest absolute Gasteiger partial charge is 0.187 e. The van der Waals surface area contributed by atoms with Gasteiger partial charge in [0, 0.05) is 18.0 Å². The Morgan fingerprint density at radius 2 is 1.55 bits per heavy atom. The summed E-state index contributed by atoms with van der Waals surface area (Å²) in [4.78, 5) is 4.04. The van der Waals surface area contributed by atoms with E-state index in [1.54, 1.807) is 18.2 Å². The van der Waals surface area contributed by atoms with Gasteiger partial charge in [-0.15, -0.1) is 0 Å². The standard InChI is InChI=1S/C15H9F4N3/c1-8-11(16)13(18)15(14(19)12(8)17)22-7-5-10(21-22)9-4-2-3-6-20-9/h2-7H,1H3. The van der Waals surface area contributed by atoms with Crippen LogP contribution >= 0.6 is 0 Å². The van der Waals surface area contributed by atoms with Gasteiger partial charge >= 0.3 is 0 Å². The number of rotatable bonds is 2. The Bertz CT molecular complexity index is 814. The summed E-state index contributed by atoms with van der Waals surface area (Å²) in [6.45, 7) is 0.961. The van der Waals surface area contributed by atoms with Crippen molar-refractivity contribution in [2.45, 2.75) is 6.92 Å². The summed E-state index contributed by atoms with van der Waals surface area (Å²) >= 11 is 0. The lowest BCUT2D eigenvalue weighted by Crippen LogP contribution is -2.09. The summed E-state index contributed by atoms with van der Waals surface area (Å²) in [7, 11) is 0. The number of nitrogens with zero attached hydrogens (tertiary/aromatic N) is 3. The van der Waals surface area contributed by atoms with Gasteiger partial charge in [0.1, 0.15) is 11.4 Å². The monoisotopic (exact) mass is 307 g/mol. The van der Waals surface area contributed by atoms with Gasteiger partial charge in [0.25, 0.3) is 0 Å². The Balaban J connectivity index is 2.16. The third kappa shape index (κ3) is 2.14. The first-order valence-electron chi connectivity index (χ1n) is 6.30. The van der Waals surface area contributed by atoms with Crippen molar-refractivity contribution >= 4 is 0 Å². The van der Waals surface area contributed by atoms with E-state index >= 15 is 0 Å². The molecule has 3 aromatic rings. The maximum absolute atomic E-state index is 13.9. The van der Waals surface area contributed by atoms with Crippen molar-refractivity contribution in [3.8, 4) is 17.1 Å². The summed E-state index contributed by atoms with van der Waals surface area (Å²) in [5, 5.41) is 3.93. The van der Waals surface area contributed by atoms with Crippen LogP contribution in [0.5, 0.6) is 0 Å². The van der Waals surface area contributed by atoms with Crippen LogP contribution in [-0.4, -0.2) is 14.8 Å². The molecule has 0 amide bonds. The number of aromatic nitrogens is 3. The lowest BCUT2D eigenvalue weighted by atomic mass is 10.1. The molecule has 0 radical (unpaired) electrons. The predicted octanol–water partition coefficient (Wildman–Crippen LogP) is 3.80. The molecule has 2 aromatic heterocycles. The molecule has 0 saturated carbocycles. The lowest BCUT2D eigenvalue weighted by molar-refractivity contribution is 0.436. The SMILES string of the molecule is Cc1c(F)c(F)c(-n2ccc(-c3ccccn3)n2)c(F)c1F. The molecule has 2 heterocycles. The predicted molar refractivity (Wildman–Crippen MR) is 71.4 cm³/mol. The van der Waals surface area contributed by atoms with Crippen molar-refractivity contribution in [1.82, 2.24) is 14.8 Å². The van der Waals surface area contributed by atoms with Crippen molar-refractivity contribution in [2.24, 2.45) is 0 Å². The fourth-order valence-corrected chi connectivity index (χ4v) is 2.03. The van der Waals surface area contributed by atoms with E-state index in [-0.39, 0.29) is 0 Å². The minimum atomic E-state index is -1.49. The maximum Gasteiger partial charge on any atom is 0.187 e. The molecule has 0 bridgehead atoms. The van der Waals surface area contributed by atoms with E-state index < -0.39 is 34.5 Å². The minimum absolute atomic E-state index is 0.320. The molecule has 0 fully saturated rings.